The van der Waals surface area contributed by atoms with E-state index in [2.05, 4.69) is 0 Å². The largest absolute Gasteiger partial charge is 0.481 e. The first-order chi connectivity index (χ1) is 9.20. The molecule has 8 nitrogen and oxygen atoms in total. The quantitative estimate of drug-likeness (QED) is 0.636. The maximum absolute atomic E-state index is 11.4. The number of anilines is 1. The van der Waals surface area contributed by atoms with Crippen LogP contribution in [-0.2, 0) is 14.6 Å². The Morgan fingerprint density at radius 1 is 1.45 bits per heavy atom. The van der Waals surface area contributed by atoms with Crippen molar-refractivity contribution in [2.45, 2.75) is 4.90 Å². The van der Waals surface area contributed by atoms with Crippen molar-refractivity contribution in [3.8, 4) is 0 Å². The molecule has 1 heterocycles. The maximum atomic E-state index is 11.4. The summed E-state index contributed by atoms with van der Waals surface area (Å²) < 4.78 is 22.8. The van der Waals surface area contributed by atoms with Crippen molar-refractivity contribution in [1.29, 1.82) is 0 Å². The fourth-order valence-electron chi connectivity index (χ4n) is 1.98. The number of hydrogen-bond donors (Lipinski definition) is 1. The molecule has 1 fully saturated rings. The van der Waals surface area contributed by atoms with Crippen LogP contribution in [0, 0.1) is 16.0 Å². The number of carboxylic acids is 1. The first-order valence-electron chi connectivity index (χ1n) is 5.66. The van der Waals surface area contributed by atoms with E-state index in [9.17, 15) is 23.3 Å². The topological polar surface area (TPSA) is 118 Å². The van der Waals surface area contributed by atoms with E-state index in [0.717, 1.165) is 12.3 Å². The average Bonchev–Trinajstić information content (AvgIpc) is 2.24. The molecule has 1 aliphatic heterocycles. The zero-order chi connectivity index (χ0) is 15.1. The first kappa shape index (κ1) is 14.3. The highest BCUT2D eigenvalue weighted by molar-refractivity contribution is 7.90. The van der Waals surface area contributed by atoms with Crippen molar-refractivity contribution in [2.75, 3.05) is 24.2 Å². The highest BCUT2D eigenvalue weighted by atomic mass is 32.2. The molecule has 20 heavy (non-hydrogen) atoms. The molecule has 1 aromatic carbocycles. The van der Waals surface area contributed by atoms with Crippen LogP contribution in [0.25, 0.3) is 0 Å². The molecule has 0 amide bonds. The Labute approximate surface area is 114 Å². The monoisotopic (exact) mass is 300 g/mol. The second kappa shape index (κ2) is 4.75. The van der Waals surface area contributed by atoms with Gasteiger partial charge in [-0.3, -0.25) is 14.9 Å². The number of aliphatic carboxylic acids is 1. The lowest BCUT2D eigenvalue weighted by molar-refractivity contribution is -0.384. The van der Waals surface area contributed by atoms with Gasteiger partial charge in [-0.15, -0.1) is 0 Å². The maximum Gasteiger partial charge on any atom is 0.310 e. The van der Waals surface area contributed by atoms with Gasteiger partial charge in [0.05, 0.1) is 15.7 Å². The standard InChI is InChI=1S/C11H12N2O6S/c1-20(18,19)8-2-3-9(10(4-8)13(16)17)12-5-7(6-12)11(14)15/h2-4,7H,5-6H2,1H3,(H,14,15). The van der Waals surface area contributed by atoms with Crippen molar-refractivity contribution in [3.05, 3.63) is 28.3 Å². The van der Waals surface area contributed by atoms with Crippen LogP contribution in [0.4, 0.5) is 11.4 Å². The fraction of sp³-hybridized carbons (Fsp3) is 0.364. The predicted octanol–water partition coefficient (Wildman–Crippen LogP) is 0.519. The summed E-state index contributed by atoms with van der Waals surface area (Å²) in [7, 11) is -3.53. The molecule has 0 atom stereocenters. The number of carbonyl (C=O) groups is 1. The molecule has 0 aromatic heterocycles. The Hall–Kier alpha value is -2.16. The van der Waals surface area contributed by atoms with Gasteiger partial charge in [0.2, 0.25) is 0 Å². The molecule has 2 rings (SSSR count). The number of nitro groups is 1. The molecule has 0 aliphatic carbocycles. The van der Waals surface area contributed by atoms with E-state index in [4.69, 9.17) is 5.11 Å². The lowest BCUT2D eigenvalue weighted by Crippen LogP contribution is -2.50. The Kier molecular flexibility index (Phi) is 3.38. The van der Waals surface area contributed by atoms with Gasteiger partial charge in [0.1, 0.15) is 5.69 Å². The molecule has 0 bridgehead atoms. The molecule has 0 unspecified atom stereocenters. The number of rotatable bonds is 4. The zero-order valence-electron chi connectivity index (χ0n) is 10.5. The third-order valence-corrected chi connectivity index (χ3v) is 4.25. The number of hydrogen-bond acceptors (Lipinski definition) is 6. The van der Waals surface area contributed by atoms with Crippen molar-refractivity contribution < 1.29 is 23.2 Å². The van der Waals surface area contributed by atoms with Crippen molar-refractivity contribution in [1.82, 2.24) is 0 Å². The lowest BCUT2D eigenvalue weighted by atomic mass is 9.99. The van der Waals surface area contributed by atoms with Gasteiger partial charge in [-0.2, -0.15) is 0 Å². The number of nitrogens with zero attached hydrogens (tertiary/aromatic N) is 2. The van der Waals surface area contributed by atoms with Gasteiger partial charge >= 0.3 is 5.97 Å². The van der Waals surface area contributed by atoms with Gasteiger partial charge in [-0.05, 0) is 12.1 Å². The van der Waals surface area contributed by atoms with Crippen LogP contribution < -0.4 is 4.90 Å². The summed E-state index contributed by atoms with van der Waals surface area (Å²) in [4.78, 5) is 22.5. The van der Waals surface area contributed by atoms with E-state index in [1.54, 1.807) is 4.90 Å². The smallest absolute Gasteiger partial charge is 0.310 e. The minimum absolute atomic E-state index is 0.136. The summed E-state index contributed by atoms with van der Waals surface area (Å²) in [6.07, 6.45) is 0.968. The average molecular weight is 300 g/mol. The Bertz CT molecular complexity index is 678. The molecular formula is C11H12N2O6S. The Morgan fingerprint density at radius 2 is 2.05 bits per heavy atom. The summed E-state index contributed by atoms with van der Waals surface area (Å²) >= 11 is 0. The molecule has 1 saturated heterocycles. The summed E-state index contributed by atoms with van der Waals surface area (Å²) in [6.45, 7) is 0.350. The van der Waals surface area contributed by atoms with E-state index < -0.39 is 26.6 Å². The predicted molar refractivity (Wildman–Crippen MR) is 69.5 cm³/mol. The van der Waals surface area contributed by atoms with Crippen molar-refractivity contribution >= 4 is 27.2 Å². The molecule has 0 saturated carbocycles. The van der Waals surface area contributed by atoms with Crippen LogP contribution in [0.3, 0.4) is 0 Å². The second-order valence-corrected chi connectivity index (χ2v) is 6.64. The number of carboxylic acid groups (broad SMARTS) is 1. The van der Waals surface area contributed by atoms with E-state index in [-0.39, 0.29) is 29.4 Å². The summed E-state index contributed by atoms with van der Waals surface area (Å²) in [5.74, 6) is -1.50. The van der Waals surface area contributed by atoms with Crippen LogP contribution >= 0.6 is 0 Å². The molecular weight excluding hydrogens is 288 g/mol. The molecule has 1 aliphatic rings. The van der Waals surface area contributed by atoms with Gasteiger partial charge in [0.25, 0.3) is 5.69 Å². The molecule has 1 aromatic rings. The third-order valence-electron chi connectivity index (χ3n) is 3.14. The highest BCUT2D eigenvalue weighted by Crippen LogP contribution is 2.34. The number of sulfone groups is 1. The second-order valence-electron chi connectivity index (χ2n) is 4.62. The minimum Gasteiger partial charge on any atom is -0.481 e. The third kappa shape index (κ3) is 2.57. The zero-order valence-corrected chi connectivity index (χ0v) is 11.3. The Balaban J connectivity index is 2.36. The van der Waals surface area contributed by atoms with Crippen LogP contribution in [-0.4, -0.2) is 43.8 Å². The molecule has 0 spiro atoms. The number of benzene rings is 1. The molecule has 0 radical (unpaired) electrons. The lowest BCUT2D eigenvalue weighted by Gasteiger charge is -2.38. The molecule has 9 heteroatoms. The fourth-order valence-corrected chi connectivity index (χ4v) is 2.62. The minimum atomic E-state index is -3.53. The summed E-state index contributed by atoms with van der Waals surface area (Å²) in [6, 6.07) is 3.62. The van der Waals surface area contributed by atoms with Gasteiger partial charge in [0, 0.05) is 25.4 Å². The van der Waals surface area contributed by atoms with Crippen LogP contribution in [0.1, 0.15) is 0 Å². The SMILES string of the molecule is CS(=O)(=O)c1ccc(N2CC(C(=O)O)C2)c([N+](=O)[O-])c1. The van der Waals surface area contributed by atoms with Gasteiger partial charge in [-0.1, -0.05) is 0 Å². The van der Waals surface area contributed by atoms with Crippen LogP contribution in [0.2, 0.25) is 0 Å². The van der Waals surface area contributed by atoms with Gasteiger partial charge in [0.15, 0.2) is 9.84 Å². The van der Waals surface area contributed by atoms with E-state index in [1.807, 2.05) is 0 Å². The Morgan fingerprint density at radius 3 is 2.50 bits per heavy atom. The summed E-state index contributed by atoms with van der Waals surface area (Å²) in [5, 5.41) is 19.8. The van der Waals surface area contributed by atoms with Crippen LogP contribution in [0.15, 0.2) is 23.1 Å². The normalized spacial score (nSPS) is 15.8. The number of nitro benzene ring substituents is 1. The molecule has 108 valence electrons. The first-order valence-corrected chi connectivity index (χ1v) is 7.55. The van der Waals surface area contributed by atoms with Crippen LogP contribution in [0.5, 0.6) is 0 Å². The van der Waals surface area contributed by atoms with Crippen molar-refractivity contribution in [3.63, 3.8) is 0 Å². The van der Waals surface area contributed by atoms with Gasteiger partial charge in [-0.25, -0.2) is 8.42 Å². The van der Waals surface area contributed by atoms with Gasteiger partial charge < -0.3 is 10.0 Å². The van der Waals surface area contributed by atoms with E-state index in [1.165, 1.54) is 12.1 Å². The highest BCUT2D eigenvalue weighted by Gasteiger charge is 2.36. The molecule has 1 N–H and O–H groups in total. The van der Waals surface area contributed by atoms with E-state index in [0.29, 0.717) is 0 Å². The van der Waals surface area contributed by atoms with Crippen molar-refractivity contribution in [2.24, 2.45) is 5.92 Å². The summed E-state index contributed by atoms with van der Waals surface area (Å²) in [5.41, 5.74) is -0.100. The van der Waals surface area contributed by atoms with E-state index >= 15 is 0 Å².